The van der Waals surface area contributed by atoms with E-state index in [1.165, 1.54) is 31.2 Å². The molecule has 0 aromatic heterocycles. The van der Waals surface area contributed by atoms with Crippen LogP contribution in [0.15, 0.2) is 22.7 Å². The van der Waals surface area contributed by atoms with Gasteiger partial charge in [-0.15, -0.1) is 0 Å². The van der Waals surface area contributed by atoms with E-state index in [2.05, 4.69) is 39.9 Å². The molecule has 20 heavy (non-hydrogen) atoms. The lowest BCUT2D eigenvalue weighted by atomic mass is 9.82. The zero-order valence-corrected chi connectivity index (χ0v) is 13.7. The number of aryl methyl sites for hydroxylation is 1. The topological polar surface area (TPSA) is 20.3 Å². The number of hydrogen-bond donors (Lipinski definition) is 0. The van der Waals surface area contributed by atoms with Crippen LogP contribution in [0.25, 0.3) is 0 Å². The van der Waals surface area contributed by atoms with Crippen molar-refractivity contribution in [2.24, 2.45) is 11.8 Å². The van der Waals surface area contributed by atoms with Gasteiger partial charge < -0.3 is 4.90 Å². The highest BCUT2D eigenvalue weighted by Crippen LogP contribution is 2.36. The Kier molecular flexibility index (Phi) is 4.16. The Hall–Kier alpha value is -0.830. The maximum absolute atomic E-state index is 12.5. The van der Waals surface area contributed by atoms with Crippen LogP contribution >= 0.6 is 15.9 Å². The Bertz CT molecular complexity index is 500. The fraction of sp³-hybridized carbons (Fsp3) is 0.588. The zero-order chi connectivity index (χ0) is 14.1. The summed E-state index contributed by atoms with van der Waals surface area (Å²) < 4.78 is 1.11. The molecule has 1 saturated heterocycles. The molecule has 1 aliphatic carbocycles. The molecule has 0 spiro atoms. The quantitative estimate of drug-likeness (QED) is 0.801. The fourth-order valence-corrected chi connectivity index (χ4v) is 3.96. The summed E-state index contributed by atoms with van der Waals surface area (Å²) in [5.41, 5.74) is 2.33. The molecule has 3 rings (SSSR count). The minimum absolute atomic E-state index is 0.307. The monoisotopic (exact) mass is 335 g/mol. The molecule has 1 heterocycles. The highest BCUT2D eigenvalue weighted by atomic mass is 79.9. The minimum Gasteiger partial charge on any atom is -0.342 e. The van der Waals surface area contributed by atoms with Gasteiger partial charge in [0.2, 0.25) is 5.91 Å². The number of amides is 1. The molecule has 1 aliphatic heterocycles. The van der Waals surface area contributed by atoms with Crippen molar-refractivity contribution in [3.05, 3.63) is 33.8 Å². The fourth-order valence-electron chi connectivity index (χ4n) is 3.71. The van der Waals surface area contributed by atoms with Crippen molar-refractivity contribution in [1.29, 1.82) is 0 Å². The Morgan fingerprint density at radius 2 is 1.90 bits per heavy atom. The van der Waals surface area contributed by atoms with Crippen LogP contribution in [-0.2, 0) is 11.2 Å². The van der Waals surface area contributed by atoms with E-state index in [1.54, 1.807) is 0 Å². The largest absolute Gasteiger partial charge is 0.342 e. The van der Waals surface area contributed by atoms with Crippen LogP contribution in [-0.4, -0.2) is 23.9 Å². The normalized spacial score (nSPS) is 25.6. The molecule has 1 saturated carbocycles. The predicted molar refractivity (Wildman–Crippen MR) is 84.6 cm³/mol. The van der Waals surface area contributed by atoms with E-state index in [9.17, 15) is 4.79 Å². The molecular weight excluding hydrogens is 314 g/mol. The van der Waals surface area contributed by atoms with Crippen molar-refractivity contribution in [3.8, 4) is 0 Å². The van der Waals surface area contributed by atoms with E-state index < -0.39 is 0 Å². The van der Waals surface area contributed by atoms with Crippen LogP contribution in [0.4, 0.5) is 0 Å². The number of carbonyl (C=O) groups is 1. The Balaban J connectivity index is 1.63. The van der Waals surface area contributed by atoms with Gasteiger partial charge in [0.05, 0.1) is 6.42 Å². The van der Waals surface area contributed by atoms with Crippen molar-refractivity contribution in [2.45, 2.75) is 39.0 Å². The summed E-state index contributed by atoms with van der Waals surface area (Å²) in [7, 11) is 0. The molecular formula is C17H22BrNO. The van der Waals surface area contributed by atoms with Crippen molar-refractivity contribution in [1.82, 2.24) is 4.90 Å². The molecule has 2 unspecified atom stereocenters. The number of hydrogen-bond acceptors (Lipinski definition) is 1. The molecule has 108 valence electrons. The van der Waals surface area contributed by atoms with Crippen LogP contribution in [0.3, 0.4) is 0 Å². The summed E-state index contributed by atoms with van der Waals surface area (Å²) in [5, 5.41) is 0. The van der Waals surface area contributed by atoms with Crippen LogP contribution in [0.1, 0.15) is 36.8 Å². The Morgan fingerprint density at radius 1 is 1.25 bits per heavy atom. The molecule has 2 aliphatic rings. The lowest BCUT2D eigenvalue weighted by Gasteiger charge is -2.22. The third kappa shape index (κ3) is 2.93. The number of rotatable bonds is 2. The maximum atomic E-state index is 12.5. The van der Waals surface area contributed by atoms with Crippen LogP contribution in [0.5, 0.6) is 0 Å². The number of likely N-dealkylation sites (tertiary alicyclic amines) is 1. The van der Waals surface area contributed by atoms with Crippen molar-refractivity contribution in [3.63, 3.8) is 0 Å². The molecule has 2 nitrogen and oxygen atoms in total. The lowest BCUT2D eigenvalue weighted by molar-refractivity contribution is -0.129. The van der Waals surface area contributed by atoms with E-state index >= 15 is 0 Å². The van der Waals surface area contributed by atoms with Gasteiger partial charge in [0.25, 0.3) is 0 Å². The minimum atomic E-state index is 0.307. The Morgan fingerprint density at radius 3 is 2.50 bits per heavy atom. The lowest BCUT2D eigenvalue weighted by Crippen LogP contribution is -2.30. The molecule has 0 radical (unpaired) electrons. The number of halogens is 1. The summed E-state index contributed by atoms with van der Waals surface area (Å²) in [6.45, 7) is 4.07. The number of carbonyl (C=O) groups excluding carboxylic acids is 1. The van der Waals surface area contributed by atoms with Gasteiger partial charge in [-0.3, -0.25) is 4.79 Å². The summed E-state index contributed by atoms with van der Waals surface area (Å²) in [6, 6.07) is 6.21. The average molecular weight is 336 g/mol. The standard InChI is InChI=1S/C17H22BrNO/c1-12-8-13(6-7-16(12)18)9-17(20)19-10-14-4-2-3-5-15(14)11-19/h6-8,14-15H,2-5,9-11H2,1H3. The van der Waals surface area contributed by atoms with Gasteiger partial charge in [-0.05, 0) is 48.8 Å². The molecule has 2 fully saturated rings. The van der Waals surface area contributed by atoms with E-state index in [1.807, 2.05) is 6.07 Å². The smallest absolute Gasteiger partial charge is 0.227 e. The number of nitrogens with zero attached hydrogens (tertiary/aromatic N) is 1. The van der Waals surface area contributed by atoms with Crippen LogP contribution in [0, 0.1) is 18.8 Å². The maximum Gasteiger partial charge on any atom is 0.227 e. The van der Waals surface area contributed by atoms with E-state index in [-0.39, 0.29) is 0 Å². The summed E-state index contributed by atoms with van der Waals surface area (Å²) >= 11 is 3.51. The van der Waals surface area contributed by atoms with E-state index in [0.717, 1.165) is 35.0 Å². The van der Waals surface area contributed by atoms with E-state index in [4.69, 9.17) is 0 Å². The average Bonchev–Trinajstić information content (AvgIpc) is 2.87. The molecule has 1 aromatic carbocycles. The summed E-state index contributed by atoms with van der Waals surface area (Å²) in [6.07, 6.45) is 5.91. The molecule has 1 aromatic rings. The number of benzene rings is 1. The summed E-state index contributed by atoms with van der Waals surface area (Å²) in [4.78, 5) is 14.6. The van der Waals surface area contributed by atoms with Gasteiger partial charge in [-0.1, -0.05) is 40.9 Å². The third-order valence-electron chi connectivity index (χ3n) is 4.91. The van der Waals surface area contributed by atoms with Gasteiger partial charge in [-0.25, -0.2) is 0 Å². The predicted octanol–water partition coefficient (Wildman–Crippen LogP) is 3.95. The molecule has 3 heteroatoms. The highest BCUT2D eigenvalue weighted by molar-refractivity contribution is 9.10. The first-order valence-corrected chi connectivity index (χ1v) is 8.45. The van der Waals surface area contributed by atoms with Gasteiger partial charge in [0.1, 0.15) is 0 Å². The zero-order valence-electron chi connectivity index (χ0n) is 12.1. The first-order valence-electron chi connectivity index (χ1n) is 7.66. The van der Waals surface area contributed by atoms with Crippen LogP contribution < -0.4 is 0 Å². The summed E-state index contributed by atoms with van der Waals surface area (Å²) in [5.74, 6) is 1.86. The first kappa shape index (κ1) is 14.1. The number of fused-ring (bicyclic) bond motifs is 1. The highest BCUT2D eigenvalue weighted by Gasteiger charge is 2.36. The molecule has 1 amide bonds. The SMILES string of the molecule is Cc1cc(CC(=O)N2CC3CCCCC3C2)ccc1Br. The van der Waals surface area contributed by atoms with Crippen molar-refractivity contribution < 1.29 is 4.79 Å². The van der Waals surface area contributed by atoms with Gasteiger partial charge >= 0.3 is 0 Å². The molecule has 0 N–H and O–H groups in total. The van der Waals surface area contributed by atoms with Crippen molar-refractivity contribution >= 4 is 21.8 Å². The second-order valence-corrected chi connectivity index (χ2v) is 7.22. The second-order valence-electron chi connectivity index (χ2n) is 6.36. The Labute approximate surface area is 129 Å². The second kappa shape index (κ2) is 5.88. The van der Waals surface area contributed by atoms with Crippen molar-refractivity contribution in [2.75, 3.05) is 13.1 Å². The van der Waals surface area contributed by atoms with Gasteiger partial charge in [-0.2, -0.15) is 0 Å². The molecule has 0 bridgehead atoms. The van der Waals surface area contributed by atoms with Gasteiger partial charge in [0.15, 0.2) is 0 Å². The third-order valence-corrected chi connectivity index (χ3v) is 5.80. The first-order chi connectivity index (χ1) is 9.63. The van der Waals surface area contributed by atoms with Crippen LogP contribution in [0.2, 0.25) is 0 Å². The van der Waals surface area contributed by atoms with E-state index in [0.29, 0.717) is 12.3 Å². The molecule has 2 atom stereocenters. The van der Waals surface area contributed by atoms with Gasteiger partial charge in [0, 0.05) is 17.6 Å².